The van der Waals surface area contributed by atoms with Gasteiger partial charge < -0.3 is 5.11 Å². The first-order chi connectivity index (χ1) is 5.22. The first kappa shape index (κ1) is 10.4. The second-order valence-corrected chi connectivity index (χ2v) is 2.67. The van der Waals surface area contributed by atoms with Crippen molar-refractivity contribution in [3.63, 3.8) is 0 Å². The van der Waals surface area contributed by atoms with Crippen LogP contribution in [0.2, 0.25) is 0 Å². The van der Waals surface area contributed by atoms with Gasteiger partial charge in [-0.15, -0.1) is 6.58 Å². The summed E-state index contributed by atoms with van der Waals surface area (Å²) in [5.74, 6) is 0. The third kappa shape index (κ3) is 4.79. The van der Waals surface area contributed by atoms with Crippen molar-refractivity contribution in [3.05, 3.63) is 24.3 Å². The largest absolute Gasteiger partial charge is 0.389 e. The molecule has 1 unspecified atom stereocenters. The Morgan fingerprint density at radius 3 is 2.55 bits per heavy atom. The van der Waals surface area contributed by atoms with Gasteiger partial charge in [-0.25, -0.2) is 0 Å². The van der Waals surface area contributed by atoms with E-state index in [-0.39, 0.29) is 6.10 Å². The summed E-state index contributed by atoms with van der Waals surface area (Å²) in [6.45, 7) is 7.51. The van der Waals surface area contributed by atoms with E-state index < -0.39 is 0 Å². The van der Waals surface area contributed by atoms with Crippen LogP contribution in [0.25, 0.3) is 0 Å². The van der Waals surface area contributed by atoms with Gasteiger partial charge in [0.2, 0.25) is 0 Å². The molecular weight excluding hydrogens is 136 g/mol. The van der Waals surface area contributed by atoms with E-state index in [9.17, 15) is 5.11 Å². The summed E-state index contributed by atoms with van der Waals surface area (Å²) < 4.78 is 0. The van der Waals surface area contributed by atoms with Crippen LogP contribution >= 0.6 is 0 Å². The maximum atomic E-state index is 9.22. The van der Waals surface area contributed by atoms with E-state index in [0.29, 0.717) is 0 Å². The summed E-state index contributed by atoms with van der Waals surface area (Å²) in [6.07, 6.45) is 6.64. The standard InChI is InChI=1S/C10H18O/c1-4-6-7-8-10(5-2)9(3)11/h4,8-9,11H,1,5-7H2,2-3H3/b10-8+. The minimum Gasteiger partial charge on any atom is -0.389 e. The third-order valence-electron chi connectivity index (χ3n) is 1.72. The Morgan fingerprint density at radius 2 is 2.18 bits per heavy atom. The molecule has 0 bridgehead atoms. The highest BCUT2D eigenvalue weighted by Crippen LogP contribution is 2.08. The quantitative estimate of drug-likeness (QED) is 0.477. The zero-order chi connectivity index (χ0) is 8.69. The smallest absolute Gasteiger partial charge is 0.0721 e. The van der Waals surface area contributed by atoms with Crippen LogP contribution in [-0.2, 0) is 0 Å². The van der Waals surface area contributed by atoms with Gasteiger partial charge in [-0.3, -0.25) is 0 Å². The molecule has 0 saturated heterocycles. The molecule has 1 heteroatoms. The molecule has 0 rings (SSSR count). The monoisotopic (exact) mass is 154 g/mol. The number of rotatable bonds is 5. The molecule has 0 fully saturated rings. The van der Waals surface area contributed by atoms with E-state index in [0.717, 1.165) is 24.8 Å². The molecule has 1 atom stereocenters. The summed E-state index contributed by atoms with van der Waals surface area (Å²) in [5, 5.41) is 9.22. The second kappa shape index (κ2) is 6.17. The van der Waals surface area contributed by atoms with Gasteiger partial charge in [0.25, 0.3) is 0 Å². The molecule has 0 aliphatic rings. The fraction of sp³-hybridized carbons (Fsp3) is 0.600. The molecule has 0 radical (unpaired) electrons. The lowest BCUT2D eigenvalue weighted by molar-refractivity contribution is 0.227. The Bertz CT molecular complexity index is 134. The maximum absolute atomic E-state index is 9.22. The highest BCUT2D eigenvalue weighted by Gasteiger charge is 1.99. The fourth-order valence-electron chi connectivity index (χ4n) is 0.997. The van der Waals surface area contributed by atoms with E-state index in [4.69, 9.17) is 0 Å². The minimum atomic E-state index is -0.287. The average Bonchev–Trinajstić information content (AvgIpc) is 1.97. The third-order valence-corrected chi connectivity index (χ3v) is 1.72. The second-order valence-electron chi connectivity index (χ2n) is 2.67. The van der Waals surface area contributed by atoms with Crippen LogP contribution in [0.15, 0.2) is 24.3 Å². The lowest BCUT2D eigenvalue weighted by Crippen LogP contribution is -2.03. The average molecular weight is 154 g/mol. The van der Waals surface area contributed by atoms with E-state index in [2.05, 4.69) is 19.6 Å². The van der Waals surface area contributed by atoms with Crippen LogP contribution in [0.3, 0.4) is 0 Å². The Balaban J connectivity index is 3.80. The minimum absolute atomic E-state index is 0.287. The zero-order valence-corrected chi connectivity index (χ0v) is 7.51. The predicted octanol–water partition coefficient (Wildman–Crippen LogP) is 2.67. The van der Waals surface area contributed by atoms with Crippen molar-refractivity contribution in [1.82, 2.24) is 0 Å². The SMILES string of the molecule is C=CCC/C=C(\CC)C(C)O. The molecule has 0 heterocycles. The lowest BCUT2D eigenvalue weighted by atomic mass is 10.1. The normalized spacial score (nSPS) is 14.6. The van der Waals surface area contributed by atoms with Crippen LogP contribution in [0.4, 0.5) is 0 Å². The van der Waals surface area contributed by atoms with Crippen LogP contribution in [0.5, 0.6) is 0 Å². The van der Waals surface area contributed by atoms with Crippen molar-refractivity contribution >= 4 is 0 Å². The van der Waals surface area contributed by atoms with Gasteiger partial charge in [-0.2, -0.15) is 0 Å². The zero-order valence-electron chi connectivity index (χ0n) is 7.51. The molecule has 64 valence electrons. The number of aliphatic hydroxyl groups is 1. The highest BCUT2D eigenvalue weighted by molar-refractivity contribution is 5.06. The summed E-state index contributed by atoms with van der Waals surface area (Å²) >= 11 is 0. The van der Waals surface area contributed by atoms with Gasteiger partial charge in [0.05, 0.1) is 6.10 Å². The van der Waals surface area contributed by atoms with Crippen molar-refractivity contribution in [1.29, 1.82) is 0 Å². The summed E-state index contributed by atoms with van der Waals surface area (Å²) in [5.41, 5.74) is 1.13. The first-order valence-corrected chi connectivity index (χ1v) is 4.20. The van der Waals surface area contributed by atoms with Crippen molar-refractivity contribution < 1.29 is 5.11 Å². The molecule has 0 aliphatic heterocycles. The molecule has 1 N–H and O–H groups in total. The van der Waals surface area contributed by atoms with Crippen molar-refractivity contribution in [2.24, 2.45) is 0 Å². The summed E-state index contributed by atoms with van der Waals surface area (Å²) in [6, 6.07) is 0. The number of allylic oxidation sites excluding steroid dienone is 2. The Kier molecular flexibility index (Phi) is 5.86. The molecule has 0 aliphatic carbocycles. The van der Waals surface area contributed by atoms with E-state index >= 15 is 0 Å². The van der Waals surface area contributed by atoms with Gasteiger partial charge in [-0.05, 0) is 31.8 Å². The fourth-order valence-corrected chi connectivity index (χ4v) is 0.997. The van der Waals surface area contributed by atoms with E-state index in [1.807, 2.05) is 13.0 Å². The van der Waals surface area contributed by atoms with Gasteiger partial charge in [-0.1, -0.05) is 19.1 Å². The Hall–Kier alpha value is -0.560. The molecule has 0 aromatic rings. The Morgan fingerprint density at radius 1 is 1.55 bits per heavy atom. The van der Waals surface area contributed by atoms with E-state index in [1.54, 1.807) is 0 Å². The van der Waals surface area contributed by atoms with Crippen LogP contribution in [-0.4, -0.2) is 11.2 Å². The predicted molar refractivity (Wildman–Crippen MR) is 49.5 cm³/mol. The van der Waals surface area contributed by atoms with Crippen molar-refractivity contribution in [2.45, 2.75) is 39.2 Å². The Labute approximate surface area is 69.4 Å². The molecule has 0 amide bonds. The van der Waals surface area contributed by atoms with Gasteiger partial charge in [0, 0.05) is 0 Å². The molecule has 0 aromatic carbocycles. The van der Waals surface area contributed by atoms with Crippen LogP contribution in [0.1, 0.15) is 33.1 Å². The topological polar surface area (TPSA) is 20.2 Å². The molecule has 1 nitrogen and oxygen atoms in total. The summed E-state index contributed by atoms with van der Waals surface area (Å²) in [7, 11) is 0. The van der Waals surface area contributed by atoms with Crippen molar-refractivity contribution in [2.75, 3.05) is 0 Å². The number of aliphatic hydroxyl groups excluding tert-OH is 1. The molecule has 0 spiro atoms. The molecule has 0 aromatic heterocycles. The van der Waals surface area contributed by atoms with Gasteiger partial charge in [0.1, 0.15) is 0 Å². The maximum Gasteiger partial charge on any atom is 0.0721 e. The number of hydrogen-bond acceptors (Lipinski definition) is 1. The first-order valence-electron chi connectivity index (χ1n) is 4.20. The van der Waals surface area contributed by atoms with Gasteiger partial charge in [0.15, 0.2) is 0 Å². The lowest BCUT2D eigenvalue weighted by Gasteiger charge is -2.06. The van der Waals surface area contributed by atoms with Crippen molar-refractivity contribution in [3.8, 4) is 0 Å². The number of unbranched alkanes of at least 4 members (excludes halogenated alkanes) is 1. The molecular formula is C10H18O. The van der Waals surface area contributed by atoms with Crippen LogP contribution < -0.4 is 0 Å². The number of hydrogen-bond donors (Lipinski definition) is 1. The molecule has 0 saturated carbocycles. The molecule has 11 heavy (non-hydrogen) atoms. The highest BCUT2D eigenvalue weighted by atomic mass is 16.3. The van der Waals surface area contributed by atoms with E-state index in [1.165, 1.54) is 0 Å². The summed E-state index contributed by atoms with van der Waals surface area (Å²) in [4.78, 5) is 0. The van der Waals surface area contributed by atoms with Gasteiger partial charge >= 0.3 is 0 Å². The van der Waals surface area contributed by atoms with Crippen LogP contribution in [0, 0.1) is 0 Å².